The molecule has 1 aliphatic heterocycles. The van der Waals surface area contributed by atoms with Crippen molar-refractivity contribution < 1.29 is 0 Å². The lowest BCUT2D eigenvalue weighted by atomic mass is 9.49. The molecular weight excluding hydrogens is 283 g/mol. The Morgan fingerprint density at radius 3 is 2.00 bits per heavy atom. The third-order valence-electron chi connectivity index (χ3n) is 6.15. The lowest BCUT2D eigenvalue weighted by Crippen LogP contribution is -2.45. The van der Waals surface area contributed by atoms with Gasteiger partial charge in [-0.25, -0.2) is 0 Å². The monoisotopic (exact) mass is 302 g/mol. The first-order valence-electron chi connectivity index (χ1n) is 8.01. The van der Waals surface area contributed by atoms with E-state index in [9.17, 15) is 0 Å². The quantitative estimate of drug-likeness (QED) is 0.569. The molecule has 4 bridgehead atoms. The largest absolute Gasteiger partial charge is 0.0861 e. The predicted molar refractivity (Wildman–Crippen MR) is 86.7 cm³/mol. The molecule has 4 fully saturated rings. The van der Waals surface area contributed by atoms with E-state index in [1.165, 1.54) is 44.1 Å². The van der Waals surface area contributed by atoms with E-state index < -0.39 is 7.27 Å². The van der Waals surface area contributed by atoms with Crippen molar-refractivity contribution in [3.05, 3.63) is 41.2 Å². The number of benzene rings is 1. The highest BCUT2D eigenvalue weighted by Crippen LogP contribution is 2.85. The molecule has 0 spiro atoms. The van der Waals surface area contributed by atoms with Gasteiger partial charge in [-0.3, -0.25) is 0 Å². The number of halogens is 1. The van der Waals surface area contributed by atoms with Crippen LogP contribution in [-0.4, -0.2) is 0 Å². The molecule has 6 rings (SSSR count). The van der Waals surface area contributed by atoms with E-state index in [1.807, 2.05) is 0 Å². The highest BCUT2D eigenvalue weighted by atomic mass is 35.7. The Labute approximate surface area is 127 Å². The predicted octanol–water partition coefficient (Wildman–Crippen LogP) is 6.22. The van der Waals surface area contributed by atoms with Crippen molar-refractivity contribution in [3.8, 4) is 0 Å². The minimum atomic E-state index is -0.429. The van der Waals surface area contributed by atoms with Gasteiger partial charge < -0.3 is 0 Å². The van der Waals surface area contributed by atoms with Gasteiger partial charge in [0.1, 0.15) is 0 Å². The molecule has 0 nitrogen and oxygen atoms in total. The van der Waals surface area contributed by atoms with E-state index in [4.69, 9.17) is 11.2 Å². The molecule has 4 aliphatic carbocycles. The van der Waals surface area contributed by atoms with E-state index in [0.717, 1.165) is 17.8 Å². The topological polar surface area (TPSA) is 0 Å². The van der Waals surface area contributed by atoms with Gasteiger partial charge in [-0.2, -0.15) is 0 Å². The van der Waals surface area contributed by atoms with Crippen LogP contribution in [0.1, 0.15) is 44.1 Å². The number of allylic oxidation sites excluding steroid dienone is 1. The Morgan fingerprint density at radius 1 is 0.900 bits per heavy atom. The summed E-state index contributed by atoms with van der Waals surface area (Å²) in [5.74, 6) is 3.06. The molecule has 4 saturated carbocycles. The number of hydrogen-bond donors (Lipinski definition) is 0. The summed E-state index contributed by atoms with van der Waals surface area (Å²) in [6, 6.07) is 10.9. The van der Waals surface area contributed by atoms with Gasteiger partial charge in [0.15, 0.2) is 0 Å². The van der Waals surface area contributed by atoms with Gasteiger partial charge in [-0.15, -0.1) is 0 Å². The fourth-order valence-electron chi connectivity index (χ4n) is 5.85. The zero-order chi connectivity index (χ0) is 13.3. The molecule has 1 atom stereocenters. The van der Waals surface area contributed by atoms with E-state index in [0.29, 0.717) is 5.41 Å². The molecular formula is C18H20ClP. The van der Waals surface area contributed by atoms with Crippen molar-refractivity contribution >= 4 is 23.8 Å². The maximum absolute atomic E-state index is 6.78. The molecule has 0 amide bonds. The fourth-order valence-corrected chi connectivity index (χ4v) is 9.11. The van der Waals surface area contributed by atoms with Crippen LogP contribution in [-0.2, 0) is 0 Å². The second kappa shape index (κ2) is 4.11. The van der Waals surface area contributed by atoms with Crippen LogP contribution in [0.4, 0.5) is 0 Å². The normalized spacial score (nSPS) is 45.0. The minimum absolute atomic E-state index is 0.429. The van der Waals surface area contributed by atoms with Crippen LogP contribution in [0.15, 0.2) is 35.6 Å². The zero-order valence-electron chi connectivity index (χ0n) is 11.7. The van der Waals surface area contributed by atoms with Gasteiger partial charge in [0.05, 0.1) is 7.27 Å². The molecule has 5 aliphatic rings. The highest BCUT2D eigenvalue weighted by Gasteiger charge is 2.58. The summed E-state index contributed by atoms with van der Waals surface area (Å²) in [4.78, 5) is 0. The third kappa shape index (κ3) is 1.65. The van der Waals surface area contributed by atoms with Gasteiger partial charge >= 0.3 is 0 Å². The second-order valence-electron chi connectivity index (χ2n) is 7.54. The Hall–Kier alpha value is -0.320. The maximum Gasteiger partial charge on any atom is 0.0505 e. The smallest absolute Gasteiger partial charge is 0.0505 e. The van der Waals surface area contributed by atoms with Gasteiger partial charge in [-0.05, 0) is 72.6 Å². The molecule has 2 heteroatoms. The number of rotatable bonds is 2. The number of hydrogen-bond acceptors (Lipinski definition) is 0. The molecule has 1 aromatic carbocycles. The van der Waals surface area contributed by atoms with Crippen LogP contribution < -0.4 is 0 Å². The summed E-state index contributed by atoms with van der Waals surface area (Å²) in [6.07, 6.45) is 8.93. The van der Waals surface area contributed by atoms with Gasteiger partial charge in [0.2, 0.25) is 0 Å². The van der Waals surface area contributed by atoms with Crippen molar-refractivity contribution in [2.75, 3.05) is 0 Å². The Balaban J connectivity index is 1.56. The maximum atomic E-state index is 6.78. The molecule has 0 N–H and O–H groups in total. The average molecular weight is 303 g/mol. The van der Waals surface area contributed by atoms with Crippen molar-refractivity contribution in [2.45, 2.75) is 38.5 Å². The molecule has 0 radical (unpaired) electrons. The summed E-state index contributed by atoms with van der Waals surface area (Å²) in [7, 11) is -0.429. The lowest BCUT2D eigenvalue weighted by molar-refractivity contribution is -0.0248. The average Bonchev–Trinajstić information content (AvgIpc) is 3.11. The molecule has 1 aromatic rings. The first kappa shape index (κ1) is 12.2. The van der Waals surface area contributed by atoms with E-state index in [-0.39, 0.29) is 0 Å². The molecule has 104 valence electrons. The van der Waals surface area contributed by atoms with E-state index >= 15 is 0 Å². The summed E-state index contributed by atoms with van der Waals surface area (Å²) < 4.78 is 0. The van der Waals surface area contributed by atoms with E-state index in [2.05, 4.69) is 30.3 Å². The summed E-state index contributed by atoms with van der Waals surface area (Å²) in [6.45, 7) is 0. The Morgan fingerprint density at radius 2 is 1.45 bits per heavy atom. The van der Waals surface area contributed by atoms with Crippen molar-refractivity contribution in [3.63, 3.8) is 0 Å². The van der Waals surface area contributed by atoms with Crippen LogP contribution >= 0.6 is 18.5 Å². The SMILES string of the molecule is ClP1C(c2ccccc2)=C1C12CC3CC(CC(C3)C1)C2. The second-order valence-corrected chi connectivity index (χ2v) is 10.0. The van der Waals surface area contributed by atoms with Crippen LogP contribution in [0.25, 0.3) is 5.31 Å². The summed E-state index contributed by atoms with van der Waals surface area (Å²) in [5, 5.41) is 3.25. The van der Waals surface area contributed by atoms with Crippen LogP contribution in [0.5, 0.6) is 0 Å². The summed E-state index contributed by atoms with van der Waals surface area (Å²) in [5.41, 5.74) is 1.94. The van der Waals surface area contributed by atoms with E-state index in [1.54, 1.807) is 10.6 Å². The van der Waals surface area contributed by atoms with Crippen LogP contribution in [0.2, 0.25) is 0 Å². The van der Waals surface area contributed by atoms with Gasteiger partial charge in [-0.1, -0.05) is 41.6 Å². The Bertz CT molecular complexity index is 553. The van der Waals surface area contributed by atoms with Crippen LogP contribution in [0, 0.1) is 23.2 Å². The standard InChI is InChI=1S/C18H20ClP/c19-20-16(15-4-2-1-3-5-15)17(20)18-9-12-6-13(10-18)8-14(7-12)11-18/h1-5,12-14H,6-11H2. The Kier molecular flexibility index (Phi) is 2.52. The zero-order valence-corrected chi connectivity index (χ0v) is 13.3. The lowest BCUT2D eigenvalue weighted by Gasteiger charge is -2.56. The molecule has 0 aromatic heterocycles. The molecule has 1 heterocycles. The highest BCUT2D eigenvalue weighted by molar-refractivity contribution is 8.02. The molecule has 0 saturated heterocycles. The first-order chi connectivity index (χ1) is 9.75. The van der Waals surface area contributed by atoms with Gasteiger partial charge in [0, 0.05) is 5.31 Å². The van der Waals surface area contributed by atoms with Crippen LogP contribution in [0.3, 0.4) is 0 Å². The van der Waals surface area contributed by atoms with Crippen molar-refractivity contribution in [1.82, 2.24) is 0 Å². The minimum Gasteiger partial charge on any atom is -0.0861 e. The van der Waals surface area contributed by atoms with Crippen molar-refractivity contribution in [1.29, 1.82) is 0 Å². The fraction of sp³-hybridized carbons (Fsp3) is 0.556. The molecule has 1 unspecified atom stereocenters. The van der Waals surface area contributed by atoms with Crippen molar-refractivity contribution in [2.24, 2.45) is 23.2 Å². The summed E-state index contributed by atoms with van der Waals surface area (Å²) >= 11 is 6.78. The molecule has 20 heavy (non-hydrogen) atoms. The third-order valence-corrected chi connectivity index (χ3v) is 8.91. The first-order valence-corrected chi connectivity index (χ1v) is 10.3. The van der Waals surface area contributed by atoms with Gasteiger partial charge in [0.25, 0.3) is 0 Å².